The highest BCUT2D eigenvalue weighted by Gasteiger charge is 2.41. The van der Waals surface area contributed by atoms with Crippen molar-refractivity contribution in [2.24, 2.45) is 0 Å². The molecule has 0 amide bonds. The van der Waals surface area contributed by atoms with Crippen LogP contribution in [-0.2, 0) is 10.9 Å². The molecule has 124 valence electrons. The van der Waals surface area contributed by atoms with E-state index >= 15 is 0 Å². The summed E-state index contributed by atoms with van der Waals surface area (Å²) in [6.45, 7) is 1.49. The van der Waals surface area contributed by atoms with E-state index in [1.807, 2.05) is 0 Å². The van der Waals surface area contributed by atoms with Gasteiger partial charge in [0.1, 0.15) is 5.56 Å². The number of benzene rings is 1. The maximum absolute atomic E-state index is 13.5. The van der Waals surface area contributed by atoms with Crippen LogP contribution in [0.5, 0.6) is 0 Å². The predicted molar refractivity (Wildman–Crippen MR) is 79.8 cm³/mol. The number of halogens is 3. The van der Waals surface area contributed by atoms with Crippen LogP contribution in [0, 0.1) is 0 Å². The minimum absolute atomic E-state index is 0.0283. The van der Waals surface area contributed by atoms with E-state index in [0.29, 0.717) is 15.6 Å². The van der Waals surface area contributed by atoms with Crippen molar-refractivity contribution in [2.45, 2.75) is 13.1 Å². The van der Waals surface area contributed by atoms with Crippen LogP contribution in [-0.4, -0.2) is 27.3 Å². The van der Waals surface area contributed by atoms with Crippen LogP contribution in [0.3, 0.4) is 0 Å². The van der Waals surface area contributed by atoms with E-state index in [4.69, 9.17) is 4.74 Å². The highest BCUT2D eigenvalue weighted by molar-refractivity contribution is 5.92. The molecule has 0 fully saturated rings. The Kier molecular flexibility index (Phi) is 3.96. The van der Waals surface area contributed by atoms with Gasteiger partial charge in [-0.1, -0.05) is 18.2 Å². The molecule has 0 aliphatic heterocycles. The summed E-state index contributed by atoms with van der Waals surface area (Å²) in [5.74, 6) is -1.06. The fourth-order valence-corrected chi connectivity index (χ4v) is 2.43. The third kappa shape index (κ3) is 2.70. The summed E-state index contributed by atoms with van der Waals surface area (Å²) in [7, 11) is 0. The molecule has 1 aromatic carbocycles. The Morgan fingerprint density at radius 3 is 2.71 bits per heavy atom. The minimum atomic E-state index is -4.77. The lowest BCUT2D eigenvalue weighted by Crippen LogP contribution is -2.18. The summed E-state index contributed by atoms with van der Waals surface area (Å²) >= 11 is 0. The number of ether oxygens (including phenoxy) is 1. The number of esters is 1. The molecule has 8 heteroatoms. The summed E-state index contributed by atoms with van der Waals surface area (Å²) in [4.78, 5) is 15.9. The highest BCUT2D eigenvalue weighted by Crippen LogP contribution is 2.35. The lowest BCUT2D eigenvalue weighted by Gasteiger charge is -2.13. The van der Waals surface area contributed by atoms with Gasteiger partial charge >= 0.3 is 12.1 Å². The lowest BCUT2D eigenvalue weighted by molar-refractivity contribution is -0.143. The van der Waals surface area contributed by atoms with E-state index < -0.39 is 23.4 Å². The van der Waals surface area contributed by atoms with Crippen molar-refractivity contribution >= 4 is 16.9 Å². The Morgan fingerprint density at radius 2 is 2.00 bits per heavy atom. The topological polar surface area (TPSA) is 57.0 Å². The molecular formula is C16H12F3N3O2. The quantitative estimate of drug-likeness (QED) is 0.686. The number of rotatable bonds is 3. The molecule has 0 N–H and O–H groups in total. The number of fused-ring (bicyclic) bond motifs is 1. The third-order valence-corrected chi connectivity index (χ3v) is 3.39. The maximum atomic E-state index is 13.5. The molecule has 0 radical (unpaired) electrons. The first-order valence-corrected chi connectivity index (χ1v) is 7.10. The minimum Gasteiger partial charge on any atom is -0.462 e. The molecular weight excluding hydrogens is 323 g/mol. The van der Waals surface area contributed by atoms with E-state index in [1.54, 1.807) is 24.3 Å². The highest BCUT2D eigenvalue weighted by atomic mass is 19.4. The zero-order valence-corrected chi connectivity index (χ0v) is 12.5. The molecule has 2 aromatic heterocycles. The second kappa shape index (κ2) is 5.95. The number of aromatic nitrogens is 3. The molecule has 0 spiro atoms. The lowest BCUT2D eigenvalue weighted by atomic mass is 10.1. The molecule has 5 nitrogen and oxygen atoms in total. The van der Waals surface area contributed by atoms with Crippen molar-refractivity contribution in [1.29, 1.82) is 0 Å². The second-order valence-electron chi connectivity index (χ2n) is 4.88. The van der Waals surface area contributed by atoms with Gasteiger partial charge in [-0.15, -0.1) is 0 Å². The van der Waals surface area contributed by atoms with Gasteiger partial charge in [-0.3, -0.25) is 4.98 Å². The van der Waals surface area contributed by atoms with Gasteiger partial charge in [-0.2, -0.15) is 18.3 Å². The molecule has 2 heterocycles. The van der Waals surface area contributed by atoms with Crippen LogP contribution in [0.2, 0.25) is 0 Å². The Bertz CT molecular complexity index is 898. The summed E-state index contributed by atoms with van der Waals surface area (Å²) in [5, 5.41) is 4.26. The van der Waals surface area contributed by atoms with E-state index in [9.17, 15) is 18.0 Å². The van der Waals surface area contributed by atoms with E-state index in [-0.39, 0.29) is 12.3 Å². The molecule has 0 bridgehead atoms. The van der Waals surface area contributed by atoms with E-state index in [1.165, 1.54) is 19.2 Å². The number of carbonyl (C=O) groups excluding carboxylic acids is 1. The SMILES string of the molecule is CCOC(=O)c1cnn(-c2ccnc3ccccc23)c1C(F)(F)F. The van der Waals surface area contributed by atoms with Gasteiger partial charge in [-0.25, -0.2) is 9.48 Å². The normalized spacial score (nSPS) is 11.7. The number of nitrogens with zero attached hydrogens (tertiary/aromatic N) is 3. The Labute approximate surface area is 134 Å². The first-order chi connectivity index (χ1) is 11.4. The van der Waals surface area contributed by atoms with Gasteiger partial charge < -0.3 is 4.74 Å². The largest absolute Gasteiger partial charge is 0.462 e. The fourth-order valence-electron chi connectivity index (χ4n) is 2.43. The van der Waals surface area contributed by atoms with Crippen molar-refractivity contribution in [2.75, 3.05) is 6.61 Å². The van der Waals surface area contributed by atoms with Gasteiger partial charge in [0.25, 0.3) is 0 Å². The van der Waals surface area contributed by atoms with Crippen molar-refractivity contribution in [1.82, 2.24) is 14.8 Å². The average molecular weight is 335 g/mol. The van der Waals surface area contributed by atoms with E-state index in [2.05, 4.69) is 10.1 Å². The smallest absolute Gasteiger partial charge is 0.434 e. The van der Waals surface area contributed by atoms with Crippen LogP contribution in [0.25, 0.3) is 16.6 Å². The molecule has 3 aromatic rings. The van der Waals surface area contributed by atoms with Gasteiger partial charge in [0.05, 0.1) is 24.0 Å². The summed E-state index contributed by atoms with van der Waals surface area (Å²) in [6.07, 6.45) is -2.51. The van der Waals surface area contributed by atoms with Crippen molar-refractivity contribution in [3.8, 4) is 5.69 Å². The molecule has 0 aliphatic carbocycles. The van der Waals surface area contributed by atoms with Crippen molar-refractivity contribution in [3.05, 3.63) is 54.0 Å². The zero-order chi connectivity index (χ0) is 17.3. The second-order valence-corrected chi connectivity index (χ2v) is 4.88. The standard InChI is InChI=1S/C16H12F3N3O2/c1-2-24-15(23)11-9-21-22(14(11)16(17,18)19)13-7-8-20-12-6-4-3-5-10(12)13/h3-9H,2H2,1H3. The van der Waals surface area contributed by atoms with Gasteiger partial charge in [0, 0.05) is 11.6 Å². The maximum Gasteiger partial charge on any atom is 0.434 e. The number of carbonyl (C=O) groups is 1. The van der Waals surface area contributed by atoms with Gasteiger partial charge in [-0.05, 0) is 19.1 Å². The van der Waals surface area contributed by atoms with Crippen LogP contribution in [0.4, 0.5) is 13.2 Å². The molecule has 0 saturated carbocycles. The number of alkyl halides is 3. The molecule has 24 heavy (non-hydrogen) atoms. The molecule has 0 unspecified atom stereocenters. The van der Waals surface area contributed by atoms with Crippen LogP contribution in [0.1, 0.15) is 23.0 Å². The number of para-hydroxylation sites is 1. The van der Waals surface area contributed by atoms with Gasteiger partial charge in [0.15, 0.2) is 5.69 Å². The average Bonchev–Trinajstić information content (AvgIpc) is 3.00. The first kappa shape index (κ1) is 16.0. The van der Waals surface area contributed by atoms with Crippen molar-refractivity contribution in [3.63, 3.8) is 0 Å². The fraction of sp³-hybridized carbons (Fsp3) is 0.188. The molecule has 0 aliphatic rings. The number of hydrogen-bond acceptors (Lipinski definition) is 4. The van der Waals surface area contributed by atoms with E-state index in [0.717, 1.165) is 6.20 Å². The predicted octanol–water partition coefficient (Wildman–Crippen LogP) is 3.62. The zero-order valence-electron chi connectivity index (χ0n) is 12.5. The Balaban J connectivity index is 2.26. The molecule has 0 saturated heterocycles. The molecule has 0 atom stereocenters. The van der Waals surface area contributed by atoms with Crippen LogP contribution >= 0.6 is 0 Å². The Hall–Kier alpha value is -2.90. The monoisotopic (exact) mass is 335 g/mol. The summed E-state index contributed by atoms with van der Waals surface area (Å²) in [5.41, 5.74) is -1.08. The summed E-state index contributed by atoms with van der Waals surface area (Å²) < 4.78 is 46.0. The van der Waals surface area contributed by atoms with Crippen LogP contribution in [0.15, 0.2) is 42.7 Å². The summed E-state index contributed by atoms with van der Waals surface area (Å²) in [6, 6.07) is 8.17. The first-order valence-electron chi connectivity index (χ1n) is 7.10. The number of hydrogen-bond donors (Lipinski definition) is 0. The van der Waals surface area contributed by atoms with Gasteiger partial charge in [0.2, 0.25) is 0 Å². The third-order valence-electron chi connectivity index (χ3n) is 3.39. The van der Waals surface area contributed by atoms with Crippen LogP contribution < -0.4 is 0 Å². The Morgan fingerprint density at radius 1 is 1.25 bits per heavy atom. The molecule has 3 rings (SSSR count). The number of pyridine rings is 1. The van der Waals surface area contributed by atoms with Crippen molar-refractivity contribution < 1.29 is 22.7 Å².